The van der Waals surface area contributed by atoms with Crippen molar-refractivity contribution in [2.75, 3.05) is 10.6 Å². The predicted molar refractivity (Wildman–Crippen MR) is 191 cm³/mol. The van der Waals surface area contributed by atoms with E-state index in [2.05, 4.69) is 20.8 Å². The molecule has 4 aromatic heterocycles. The SMILES string of the molecule is Cc1cc(Nc2ccc3c(n2)Oc2nc(Nc4cc(C)nn4-c4ccccc4)ccc2C3c2ccc(Cl)c([N+](=O)[O-])c2)n(-c2ccccc2)n1. The van der Waals surface area contributed by atoms with E-state index in [9.17, 15) is 10.1 Å². The maximum Gasteiger partial charge on any atom is 0.288 e. The van der Waals surface area contributed by atoms with E-state index in [1.165, 1.54) is 12.1 Å². The zero-order chi connectivity index (χ0) is 34.4. The molecule has 8 rings (SSSR count). The fraction of sp³-hybridized carbons (Fsp3) is 0.0811. The van der Waals surface area contributed by atoms with Crippen LogP contribution in [0.1, 0.15) is 34.0 Å². The van der Waals surface area contributed by atoms with Crippen molar-refractivity contribution in [3.05, 3.63) is 158 Å². The summed E-state index contributed by atoms with van der Waals surface area (Å²) in [7, 11) is 0. The Labute approximate surface area is 291 Å². The van der Waals surface area contributed by atoms with Gasteiger partial charge in [-0.2, -0.15) is 20.2 Å². The van der Waals surface area contributed by atoms with Crippen molar-refractivity contribution in [1.82, 2.24) is 29.5 Å². The van der Waals surface area contributed by atoms with Gasteiger partial charge in [-0.15, -0.1) is 0 Å². The van der Waals surface area contributed by atoms with Crippen LogP contribution in [0.5, 0.6) is 11.8 Å². The van der Waals surface area contributed by atoms with Crippen LogP contribution in [0.2, 0.25) is 5.02 Å². The molecule has 0 fully saturated rings. The van der Waals surface area contributed by atoms with Crippen LogP contribution in [0.3, 0.4) is 0 Å². The Bertz CT molecular complexity index is 2260. The molecule has 0 aliphatic carbocycles. The number of nitrogens with one attached hydrogen (secondary N) is 2. The number of rotatable bonds is 8. The lowest BCUT2D eigenvalue weighted by Crippen LogP contribution is -2.15. The average molecular weight is 682 g/mol. The van der Waals surface area contributed by atoms with Crippen molar-refractivity contribution in [1.29, 1.82) is 0 Å². The molecule has 1 aliphatic rings. The summed E-state index contributed by atoms with van der Waals surface area (Å²) in [6.07, 6.45) is 0. The molecular weight excluding hydrogens is 654 g/mol. The van der Waals surface area contributed by atoms with Gasteiger partial charge in [0.2, 0.25) is 11.8 Å². The second-order valence-electron chi connectivity index (χ2n) is 11.8. The minimum absolute atomic E-state index is 0.0530. The van der Waals surface area contributed by atoms with E-state index < -0.39 is 10.8 Å². The molecule has 50 heavy (non-hydrogen) atoms. The predicted octanol–water partition coefficient (Wildman–Crippen LogP) is 8.80. The number of halogens is 1. The van der Waals surface area contributed by atoms with Gasteiger partial charge in [0.05, 0.1) is 27.7 Å². The highest BCUT2D eigenvalue weighted by Crippen LogP contribution is 2.48. The van der Waals surface area contributed by atoms with Gasteiger partial charge >= 0.3 is 0 Å². The molecule has 12 nitrogen and oxygen atoms in total. The molecule has 3 aromatic carbocycles. The number of hydrogen-bond acceptors (Lipinski definition) is 9. The van der Waals surface area contributed by atoms with E-state index in [-0.39, 0.29) is 10.7 Å². The first-order chi connectivity index (χ1) is 24.3. The van der Waals surface area contributed by atoms with Crippen LogP contribution >= 0.6 is 11.6 Å². The molecule has 0 bridgehead atoms. The number of hydrogen-bond donors (Lipinski definition) is 2. The zero-order valence-electron chi connectivity index (χ0n) is 26.8. The highest BCUT2D eigenvalue weighted by molar-refractivity contribution is 6.32. The van der Waals surface area contributed by atoms with Crippen molar-refractivity contribution >= 4 is 40.6 Å². The minimum atomic E-state index is -0.487. The molecule has 246 valence electrons. The lowest BCUT2D eigenvalue weighted by molar-refractivity contribution is -0.384. The number of aryl methyl sites for hydroxylation is 2. The van der Waals surface area contributed by atoms with Crippen LogP contribution in [0.15, 0.2) is 115 Å². The molecule has 0 atom stereocenters. The number of para-hydroxylation sites is 2. The topological polar surface area (TPSA) is 138 Å². The second kappa shape index (κ2) is 12.5. The summed E-state index contributed by atoms with van der Waals surface area (Å²) < 4.78 is 10.0. The van der Waals surface area contributed by atoms with Crippen LogP contribution in [0.25, 0.3) is 11.4 Å². The summed E-state index contributed by atoms with van der Waals surface area (Å²) in [4.78, 5) is 21.1. The molecule has 0 saturated carbocycles. The molecule has 7 aromatic rings. The van der Waals surface area contributed by atoms with Crippen molar-refractivity contribution < 1.29 is 9.66 Å². The number of fused-ring (bicyclic) bond motifs is 2. The van der Waals surface area contributed by atoms with E-state index in [1.54, 1.807) is 6.07 Å². The van der Waals surface area contributed by atoms with Crippen LogP contribution in [0, 0.1) is 24.0 Å². The van der Waals surface area contributed by atoms with Crippen molar-refractivity contribution in [2.24, 2.45) is 0 Å². The number of pyridine rings is 2. The number of nitro benzene ring substituents is 1. The van der Waals surface area contributed by atoms with Crippen LogP contribution in [0.4, 0.5) is 29.0 Å². The third-order valence-corrected chi connectivity index (χ3v) is 8.59. The zero-order valence-corrected chi connectivity index (χ0v) is 27.5. The highest BCUT2D eigenvalue weighted by atomic mass is 35.5. The minimum Gasteiger partial charge on any atom is -0.420 e. The molecular formula is C37H28ClN9O3. The Morgan fingerprint density at radius 1 is 0.700 bits per heavy atom. The first-order valence-electron chi connectivity index (χ1n) is 15.7. The standard InChI is InChI=1S/C37H28ClN9O3/c1-22-19-33(45(43-22)25-9-5-3-6-10-25)39-31-17-14-27-35(24-13-16-29(38)30(21-24)47(48)49)28-15-18-32(42-37(28)50-36(27)41-31)40-34-20-23(2)44-46(34)26-11-7-4-8-12-26/h3-21,35H,1-2H3,(H,39,41)(H,40,42). The van der Waals surface area contributed by atoms with Crippen molar-refractivity contribution in [3.63, 3.8) is 0 Å². The lowest BCUT2D eigenvalue weighted by Gasteiger charge is -2.28. The molecule has 1 aliphatic heterocycles. The summed E-state index contributed by atoms with van der Waals surface area (Å²) in [5.74, 6) is 2.60. The third-order valence-electron chi connectivity index (χ3n) is 8.27. The van der Waals surface area contributed by atoms with Gasteiger partial charge in [-0.1, -0.05) is 54.1 Å². The first kappa shape index (κ1) is 30.8. The van der Waals surface area contributed by atoms with Crippen LogP contribution in [-0.4, -0.2) is 34.5 Å². The summed E-state index contributed by atoms with van der Waals surface area (Å²) in [5, 5.41) is 28.0. The van der Waals surface area contributed by atoms with Gasteiger partial charge in [0.1, 0.15) is 28.3 Å². The Balaban J connectivity index is 1.19. The van der Waals surface area contributed by atoms with Crippen LogP contribution in [-0.2, 0) is 0 Å². The number of ether oxygens (including phenoxy) is 1. The Morgan fingerprint density at radius 2 is 1.20 bits per heavy atom. The van der Waals surface area contributed by atoms with Gasteiger partial charge in [-0.05, 0) is 74.0 Å². The summed E-state index contributed by atoms with van der Waals surface area (Å²) in [6.45, 7) is 3.85. The molecule has 0 amide bonds. The summed E-state index contributed by atoms with van der Waals surface area (Å²) in [5.41, 5.74) is 5.33. The maximum absolute atomic E-state index is 11.9. The third kappa shape index (κ3) is 5.77. The van der Waals surface area contributed by atoms with E-state index in [4.69, 9.17) is 26.3 Å². The van der Waals surface area contributed by atoms with E-state index in [0.717, 1.165) is 34.4 Å². The number of anilines is 4. The van der Waals surface area contributed by atoms with Crippen LogP contribution < -0.4 is 15.4 Å². The fourth-order valence-corrected chi connectivity index (χ4v) is 6.27. The lowest BCUT2D eigenvalue weighted by atomic mass is 9.84. The largest absolute Gasteiger partial charge is 0.420 e. The average Bonchev–Trinajstić information content (AvgIpc) is 3.68. The number of benzene rings is 3. The molecule has 0 unspecified atom stereocenters. The van der Waals surface area contributed by atoms with Gasteiger partial charge in [-0.3, -0.25) is 10.1 Å². The Hall–Kier alpha value is -6.53. The molecule has 5 heterocycles. The smallest absolute Gasteiger partial charge is 0.288 e. The number of nitro groups is 1. The van der Waals surface area contributed by atoms with E-state index >= 15 is 0 Å². The summed E-state index contributed by atoms with van der Waals surface area (Å²) in [6, 6.07) is 35.8. The highest BCUT2D eigenvalue weighted by Gasteiger charge is 2.33. The molecule has 0 spiro atoms. The van der Waals surface area contributed by atoms with Crippen molar-refractivity contribution in [2.45, 2.75) is 19.8 Å². The van der Waals surface area contributed by atoms with Crippen molar-refractivity contribution in [3.8, 4) is 23.1 Å². The fourth-order valence-electron chi connectivity index (χ4n) is 6.08. The molecule has 0 saturated heterocycles. The second-order valence-corrected chi connectivity index (χ2v) is 12.2. The molecule has 13 heteroatoms. The van der Waals surface area contributed by atoms with Gasteiger partial charge in [-0.25, -0.2) is 9.36 Å². The number of aromatic nitrogens is 6. The quantitative estimate of drug-likeness (QED) is 0.119. The van der Waals surface area contributed by atoms with E-state index in [0.29, 0.717) is 40.1 Å². The van der Waals surface area contributed by atoms with Gasteiger partial charge in [0.15, 0.2) is 0 Å². The van der Waals surface area contributed by atoms with Gasteiger partial charge < -0.3 is 15.4 Å². The Kier molecular flexibility index (Phi) is 7.69. The molecule has 0 radical (unpaired) electrons. The monoisotopic (exact) mass is 681 g/mol. The molecule has 2 N–H and O–H groups in total. The maximum atomic E-state index is 11.9. The van der Waals surface area contributed by atoms with E-state index in [1.807, 2.05) is 120 Å². The van der Waals surface area contributed by atoms with Gasteiger partial charge in [0.25, 0.3) is 5.69 Å². The number of nitrogens with zero attached hydrogens (tertiary/aromatic N) is 7. The van der Waals surface area contributed by atoms with Gasteiger partial charge in [0, 0.05) is 35.2 Å². The summed E-state index contributed by atoms with van der Waals surface area (Å²) >= 11 is 6.22. The normalized spacial score (nSPS) is 12.1. The first-order valence-corrected chi connectivity index (χ1v) is 16.1. The Morgan fingerprint density at radius 3 is 1.68 bits per heavy atom.